The maximum Gasteiger partial charge on any atom is 0.573 e. The van der Waals surface area contributed by atoms with Crippen LogP contribution in [0.4, 0.5) is 13.2 Å². The van der Waals surface area contributed by atoms with Crippen molar-refractivity contribution in [2.45, 2.75) is 13.3 Å². The molecule has 4 rings (SSSR count). The van der Waals surface area contributed by atoms with Crippen LogP contribution in [0.3, 0.4) is 0 Å². The Kier molecular flexibility index (Phi) is 3.65. The van der Waals surface area contributed by atoms with Crippen molar-refractivity contribution in [2.75, 3.05) is 0 Å². The van der Waals surface area contributed by atoms with Crippen molar-refractivity contribution in [2.24, 2.45) is 0 Å². The first kappa shape index (κ1) is 15.9. The molecule has 25 heavy (non-hydrogen) atoms. The van der Waals surface area contributed by atoms with Crippen LogP contribution in [0.15, 0.2) is 24.3 Å². The van der Waals surface area contributed by atoms with Gasteiger partial charge >= 0.3 is 6.36 Å². The monoisotopic (exact) mass is 384 g/mol. The van der Waals surface area contributed by atoms with Gasteiger partial charge in [-0.1, -0.05) is 15.8 Å². The number of benzene rings is 1. The third kappa shape index (κ3) is 3.05. The Bertz CT molecular complexity index is 1040. The zero-order valence-corrected chi connectivity index (χ0v) is 14.0. The highest BCUT2D eigenvalue weighted by molar-refractivity contribution is 7.19. The lowest BCUT2D eigenvalue weighted by Crippen LogP contribution is -2.16. The number of alkyl halides is 3. The zero-order chi connectivity index (χ0) is 17.6. The van der Waals surface area contributed by atoms with Gasteiger partial charge in [-0.25, -0.2) is 0 Å². The largest absolute Gasteiger partial charge is 0.573 e. The summed E-state index contributed by atoms with van der Waals surface area (Å²) in [5, 5.41) is 17.1. The van der Waals surface area contributed by atoms with Crippen LogP contribution in [0.25, 0.3) is 26.2 Å². The second kappa shape index (κ2) is 5.74. The van der Waals surface area contributed by atoms with E-state index in [1.165, 1.54) is 47.1 Å². The lowest BCUT2D eigenvalue weighted by molar-refractivity contribution is -0.274. The molecule has 12 heteroatoms. The van der Waals surface area contributed by atoms with Crippen molar-refractivity contribution in [1.82, 2.24) is 29.4 Å². The zero-order valence-electron chi connectivity index (χ0n) is 12.4. The smallest absolute Gasteiger partial charge is 0.406 e. The molecule has 0 bridgehead atoms. The molecule has 0 N–H and O–H groups in total. The Morgan fingerprint density at radius 1 is 1.08 bits per heavy atom. The molecule has 0 aliphatic carbocycles. The van der Waals surface area contributed by atoms with Gasteiger partial charge in [0.1, 0.15) is 15.6 Å². The molecular formula is C13H7F3N6OS2. The fraction of sp³-hybridized carbons (Fsp3) is 0.154. The van der Waals surface area contributed by atoms with E-state index in [0.717, 1.165) is 10.6 Å². The minimum atomic E-state index is -4.72. The fourth-order valence-electron chi connectivity index (χ4n) is 2.11. The van der Waals surface area contributed by atoms with Crippen molar-refractivity contribution in [3.05, 3.63) is 30.0 Å². The van der Waals surface area contributed by atoms with Crippen LogP contribution in [-0.4, -0.2) is 35.8 Å². The number of hydrogen-bond acceptors (Lipinski definition) is 8. The van der Waals surface area contributed by atoms with E-state index >= 15 is 0 Å². The van der Waals surface area contributed by atoms with E-state index < -0.39 is 6.36 Å². The highest BCUT2D eigenvalue weighted by Gasteiger charge is 2.31. The molecule has 7 nitrogen and oxygen atoms in total. The third-order valence-corrected chi connectivity index (χ3v) is 4.95. The average Bonchev–Trinajstić information content (AvgIpc) is 3.22. The van der Waals surface area contributed by atoms with Gasteiger partial charge < -0.3 is 4.74 Å². The number of halogens is 3. The van der Waals surface area contributed by atoms with Crippen molar-refractivity contribution in [3.8, 4) is 27.0 Å². The normalized spacial score (nSPS) is 12.0. The van der Waals surface area contributed by atoms with Crippen LogP contribution in [0.2, 0.25) is 0 Å². The molecule has 128 valence electrons. The first-order valence-corrected chi connectivity index (χ1v) is 8.37. The Balaban J connectivity index is 1.69. The molecule has 0 unspecified atom stereocenters. The predicted molar refractivity (Wildman–Crippen MR) is 84.4 cm³/mol. The van der Waals surface area contributed by atoms with Gasteiger partial charge in [-0.3, -0.25) is 0 Å². The van der Waals surface area contributed by atoms with Gasteiger partial charge in [0, 0.05) is 5.56 Å². The summed E-state index contributed by atoms with van der Waals surface area (Å²) in [4.78, 5) is 1.33. The maximum atomic E-state index is 12.2. The summed E-state index contributed by atoms with van der Waals surface area (Å²) in [5.41, 5.74) is 1.37. The number of hydrogen-bond donors (Lipinski definition) is 0. The van der Waals surface area contributed by atoms with Crippen LogP contribution in [-0.2, 0) is 0 Å². The van der Waals surface area contributed by atoms with Gasteiger partial charge in [-0.2, -0.15) is 9.61 Å². The summed E-state index contributed by atoms with van der Waals surface area (Å²) >= 11 is 2.46. The van der Waals surface area contributed by atoms with E-state index in [1.54, 1.807) is 4.52 Å². The summed E-state index contributed by atoms with van der Waals surface area (Å²) in [6, 6.07) is 5.49. The van der Waals surface area contributed by atoms with E-state index in [4.69, 9.17) is 0 Å². The molecule has 0 amide bonds. The molecule has 0 saturated heterocycles. The van der Waals surface area contributed by atoms with Crippen molar-refractivity contribution in [3.63, 3.8) is 0 Å². The third-order valence-electron chi connectivity index (χ3n) is 3.18. The topological polar surface area (TPSA) is 78.1 Å². The Morgan fingerprint density at radius 2 is 1.84 bits per heavy atom. The fourth-order valence-corrected chi connectivity index (χ4v) is 3.58. The lowest BCUT2D eigenvalue weighted by atomic mass is 10.2. The van der Waals surface area contributed by atoms with Gasteiger partial charge in [0.2, 0.25) is 4.96 Å². The van der Waals surface area contributed by atoms with E-state index in [1.807, 2.05) is 6.92 Å². The minimum Gasteiger partial charge on any atom is -0.406 e. The highest BCUT2D eigenvalue weighted by atomic mass is 32.1. The molecule has 0 fully saturated rings. The first-order valence-electron chi connectivity index (χ1n) is 6.78. The summed E-state index contributed by atoms with van der Waals surface area (Å²) < 4.78 is 45.9. The van der Waals surface area contributed by atoms with Crippen molar-refractivity contribution < 1.29 is 17.9 Å². The summed E-state index contributed by atoms with van der Waals surface area (Å²) in [7, 11) is 0. The highest BCUT2D eigenvalue weighted by Crippen LogP contribution is 2.31. The van der Waals surface area contributed by atoms with Crippen LogP contribution in [0, 0.1) is 6.92 Å². The minimum absolute atomic E-state index is 0.286. The van der Waals surface area contributed by atoms with Gasteiger partial charge in [0.05, 0.1) is 5.69 Å². The summed E-state index contributed by atoms with van der Waals surface area (Å²) in [6.45, 7) is 1.81. The van der Waals surface area contributed by atoms with Crippen LogP contribution in [0.1, 0.15) is 5.69 Å². The molecular weight excluding hydrogens is 377 g/mol. The molecule has 0 saturated carbocycles. The molecule has 4 aromatic rings. The SMILES string of the molecule is Cc1nnsc1-c1nnc2sc(-c3ccc(OC(F)(F)F)cc3)nn12. The number of aromatic nitrogens is 6. The van der Waals surface area contributed by atoms with Crippen molar-refractivity contribution in [1.29, 1.82) is 0 Å². The van der Waals surface area contributed by atoms with Gasteiger partial charge in [-0.15, -0.1) is 28.5 Å². The number of fused-ring (bicyclic) bond motifs is 1. The lowest BCUT2D eigenvalue weighted by Gasteiger charge is -2.08. The van der Waals surface area contributed by atoms with Crippen molar-refractivity contribution >= 4 is 27.8 Å². The summed E-state index contributed by atoms with van der Waals surface area (Å²) in [6.07, 6.45) is -4.72. The van der Waals surface area contributed by atoms with E-state index in [9.17, 15) is 13.2 Å². The molecule has 0 aliphatic rings. The quantitative estimate of drug-likeness (QED) is 0.537. The molecule has 0 aliphatic heterocycles. The number of ether oxygens (including phenoxy) is 1. The predicted octanol–water partition coefficient (Wildman–Crippen LogP) is 3.58. The standard InChI is InChI=1S/C13H7F3N6OS2/c1-6-9(25-21-17-6)10-18-19-12-22(10)20-11(24-12)7-2-4-8(5-3-7)23-13(14,15)16/h2-5H,1H3. The number of rotatable bonds is 3. The molecule has 0 radical (unpaired) electrons. The molecule has 3 heterocycles. The second-order valence-corrected chi connectivity index (χ2v) is 6.59. The van der Waals surface area contributed by atoms with Gasteiger partial charge in [0.25, 0.3) is 0 Å². The van der Waals surface area contributed by atoms with E-state index in [-0.39, 0.29) is 5.75 Å². The van der Waals surface area contributed by atoms with Crippen LogP contribution < -0.4 is 4.74 Å². The van der Waals surface area contributed by atoms with Gasteiger partial charge in [-0.05, 0) is 42.7 Å². The van der Waals surface area contributed by atoms with Crippen LogP contribution in [0.5, 0.6) is 5.75 Å². The number of aryl methyl sites for hydroxylation is 1. The summed E-state index contributed by atoms with van der Waals surface area (Å²) in [5.74, 6) is 0.244. The Labute approximate surface area is 145 Å². The molecule has 0 spiro atoms. The average molecular weight is 384 g/mol. The second-order valence-electron chi connectivity index (χ2n) is 4.88. The molecule has 3 aromatic heterocycles. The van der Waals surface area contributed by atoms with Gasteiger partial charge in [0.15, 0.2) is 5.82 Å². The first-order chi connectivity index (χ1) is 11.9. The molecule has 1 aromatic carbocycles. The maximum absolute atomic E-state index is 12.2. The van der Waals surface area contributed by atoms with Crippen LogP contribution >= 0.6 is 22.9 Å². The molecule has 0 atom stereocenters. The van der Waals surface area contributed by atoms with E-state index in [0.29, 0.717) is 21.4 Å². The Hall–Kier alpha value is -2.60. The van der Waals surface area contributed by atoms with E-state index in [2.05, 4.69) is 29.6 Å². The number of nitrogens with zero attached hydrogens (tertiary/aromatic N) is 6. The Morgan fingerprint density at radius 3 is 2.48 bits per heavy atom.